The van der Waals surface area contributed by atoms with Crippen molar-refractivity contribution in [3.8, 4) is 0 Å². The summed E-state index contributed by atoms with van der Waals surface area (Å²) in [7, 11) is 3.64. The van der Waals surface area contributed by atoms with E-state index in [1.54, 1.807) is 28.1 Å². The van der Waals surface area contributed by atoms with Gasteiger partial charge in [0.1, 0.15) is 11.3 Å². The molecule has 27 heavy (non-hydrogen) atoms. The second-order valence-electron chi connectivity index (χ2n) is 7.57. The third-order valence-electron chi connectivity index (χ3n) is 3.86. The van der Waals surface area contributed by atoms with E-state index in [1.807, 2.05) is 34.9 Å². The Bertz CT molecular complexity index is 727. The van der Waals surface area contributed by atoms with Crippen LogP contribution < -0.4 is 5.32 Å². The summed E-state index contributed by atoms with van der Waals surface area (Å²) in [5.41, 5.74) is 0.150. The van der Waals surface area contributed by atoms with Crippen LogP contribution in [0.4, 0.5) is 10.5 Å². The van der Waals surface area contributed by atoms with Crippen LogP contribution in [0.15, 0.2) is 18.3 Å². The van der Waals surface area contributed by atoms with E-state index in [2.05, 4.69) is 10.3 Å². The van der Waals surface area contributed by atoms with Crippen molar-refractivity contribution in [3.05, 3.63) is 39.8 Å². The molecule has 1 fully saturated rings. The lowest BCUT2D eigenvalue weighted by atomic mass is 10.1. The van der Waals surface area contributed by atoms with Gasteiger partial charge in [-0.05, 0) is 32.9 Å². The fourth-order valence-corrected chi connectivity index (χ4v) is 2.67. The molecule has 1 unspecified atom stereocenters. The molecule has 0 saturated carbocycles. The van der Waals surface area contributed by atoms with Gasteiger partial charge in [0.05, 0.1) is 16.7 Å². The zero-order valence-corrected chi connectivity index (χ0v) is 16.4. The Morgan fingerprint density at radius 3 is 2.74 bits per heavy atom. The van der Waals surface area contributed by atoms with E-state index in [-0.39, 0.29) is 17.4 Å². The van der Waals surface area contributed by atoms with Crippen LogP contribution in [0.3, 0.4) is 0 Å². The summed E-state index contributed by atoms with van der Waals surface area (Å²) < 4.78 is 5.50. The third kappa shape index (κ3) is 5.65. The van der Waals surface area contributed by atoms with Gasteiger partial charge in [-0.25, -0.2) is 9.78 Å². The van der Waals surface area contributed by atoms with Gasteiger partial charge >= 0.3 is 6.09 Å². The lowest BCUT2D eigenvalue weighted by molar-refractivity contribution is -0.385. The summed E-state index contributed by atoms with van der Waals surface area (Å²) in [6.07, 6.45) is 2.87. The van der Waals surface area contributed by atoms with Crippen molar-refractivity contribution in [2.24, 2.45) is 0 Å². The first kappa shape index (κ1) is 20.6. The van der Waals surface area contributed by atoms with Crippen molar-refractivity contribution >= 4 is 17.9 Å². The first-order valence-corrected chi connectivity index (χ1v) is 8.79. The zero-order valence-electron chi connectivity index (χ0n) is 16.4. The van der Waals surface area contributed by atoms with Crippen LogP contribution in [0.2, 0.25) is 0 Å². The topological polar surface area (TPSA) is 101 Å². The number of carbonyl (C=O) groups excluding carboxylic acids is 1. The number of piperazine rings is 1. The maximum atomic E-state index is 12.6. The van der Waals surface area contributed by atoms with E-state index < -0.39 is 16.6 Å². The maximum Gasteiger partial charge on any atom is 0.410 e. The molecule has 1 aliphatic rings. The molecule has 0 radical (unpaired) electrons. The molecular weight excluding hydrogens is 350 g/mol. The van der Waals surface area contributed by atoms with Gasteiger partial charge in [0.2, 0.25) is 0 Å². The van der Waals surface area contributed by atoms with Gasteiger partial charge in [-0.3, -0.25) is 15.0 Å². The van der Waals surface area contributed by atoms with Crippen LogP contribution >= 0.6 is 0 Å². The molecule has 9 heteroatoms. The Morgan fingerprint density at radius 1 is 1.44 bits per heavy atom. The van der Waals surface area contributed by atoms with Crippen molar-refractivity contribution in [2.75, 3.05) is 33.7 Å². The summed E-state index contributed by atoms with van der Waals surface area (Å²) in [5, 5.41) is 14.5. The van der Waals surface area contributed by atoms with E-state index in [9.17, 15) is 14.9 Å². The van der Waals surface area contributed by atoms with Gasteiger partial charge in [-0.2, -0.15) is 0 Å². The van der Waals surface area contributed by atoms with E-state index in [0.717, 1.165) is 0 Å². The third-order valence-corrected chi connectivity index (χ3v) is 3.86. The molecule has 9 nitrogen and oxygen atoms in total. The molecule has 1 aromatic heterocycles. The summed E-state index contributed by atoms with van der Waals surface area (Å²) in [4.78, 5) is 31.3. The van der Waals surface area contributed by atoms with Crippen LogP contribution in [0.5, 0.6) is 0 Å². The summed E-state index contributed by atoms with van der Waals surface area (Å²) in [6.45, 7) is 7.07. The largest absolute Gasteiger partial charge is 0.444 e. The molecule has 0 bridgehead atoms. The van der Waals surface area contributed by atoms with Gasteiger partial charge in [0.15, 0.2) is 0 Å². The number of pyridine rings is 1. The zero-order chi connectivity index (χ0) is 20.2. The number of hydrogen-bond acceptors (Lipinski definition) is 7. The molecule has 1 atom stereocenters. The van der Waals surface area contributed by atoms with Crippen LogP contribution in [-0.2, 0) is 4.74 Å². The number of nitrogens with zero attached hydrogens (tertiary/aromatic N) is 4. The molecule has 148 valence electrons. The average Bonchev–Trinajstić information content (AvgIpc) is 2.58. The second kappa shape index (κ2) is 8.34. The molecular formula is C18H27N5O4. The summed E-state index contributed by atoms with van der Waals surface area (Å²) in [5.74, 6) is 0. The Balaban J connectivity index is 2.37. The minimum absolute atomic E-state index is 0.0792. The number of amides is 1. The molecule has 1 aromatic rings. The van der Waals surface area contributed by atoms with Crippen molar-refractivity contribution in [1.82, 2.24) is 20.1 Å². The number of ether oxygens (including phenoxy) is 1. The SMILES string of the molecule is CN(C)/C=C/c1nc(C2CNCCN2C(=O)OC(C)(C)C)ccc1[N+](=O)[O-]. The second-order valence-corrected chi connectivity index (χ2v) is 7.57. The Kier molecular flexibility index (Phi) is 6.37. The quantitative estimate of drug-likeness (QED) is 0.635. The molecule has 1 aliphatic heterocycles. The van der Waals surface area contributed by atoms with Crippen LogP contribution in [0, 0.1) is 10.1 Å². The molecule has 1 N–H and O–H groups in total. The lowest BCUT2D eigenvalue weighted by Crippen LogP contribution is -2.50. The van der Waals surface area contributed by atoms with Crippen LogP contribution in [0.25, 0.3) is 6.08 Å². The Labute approximate surface area is 159 Å². The molecule has 0 aliphatic carbocycles. The van der Waals surface area contributed by atoms with Gasteiger partial charge in [-0.1, -0.05) is 0 Å². The molecule has 0 aromatic carbocycles. The fraction of sp³-hybridized carbons (Fsp3) is 0.556. The minimum atomic E-state index is -0.602. The first-order chi connectivity index (χ1) is 12.6. The van der Waals surface area contributed by atoms with Gasteiger partial charge in [0, 0.05) is 46.0 Å². The standard InChI is InChI=1S/C18H27N5O4/c1-18(2,3)27-17(24)22-11-9-19-12-16(22)13-6-7-15(23(25)26)14(20-13)8-10-21(4)5/h6-8,10,16,19H,9,11-12H2,1-5H3/b10-8+. The average molecular weight is 377 g/mol. The number of carbonyl (C=O) groups is 1. The summed E-state index contributed by atoms with van der Waals surface area (Å²) >= 11 is 0. The lowest BCUT2D eigenvalue weighted by Gasteiger charge is -2.36. The van der Waals surface area contributed by atoms with E-state index in [1.165, 1.54) is 6.07 Å². The Morgan fingerprint density at radius 2 is 2.15 bits per heavy atom. The number of nitrogens with one attached hydrogen (secondary N) is 1. The monoisotopic (exact) mass is 377 g/mol. The van der Waals surface area contributed by atoms with E-state index in [0.29, 0.717) is 25.3 Å². The van der Waals surface area contributed by atoms with Crippen molar-refractivity contribution < 1.29 is 14.5 Å². The smallest absolute Gasteiger partial charge is 0.410 e. The van der Waals surface area contributed by atoms with E-state index >= 15 is 0 Å². The number of rotatable bonds is 4. The fourth-order valence-electron chi connectivity index (χ4n) is 2.67. The number of aromatic nitrogens is 1. The number of hydrogen-bond donors (Lipinski definition) is 1. The predicted octanol–water partition coefficient (Wildman–Crippen LogP) is 2.40. The van der Waals surface area contributed by atoms with Crippen LogP contribution in [0.1, 0.15) is 38.2 Å². The highest BCUT2D eigenvalue weighted by Gasteiger charge is 2.33. The molecule has 1 amide bonds. The molecule has 0 spiro atoms. The molecule has 2 heterocycles. The van der Waals surface area contributed by atoms with Crippen molar-refractivity contribution in [3.63, 3.8) is 0 Å². The van der Waals surface area contributed by atoms with Crippen LogP contribution in [-0.4, -0.2) is 65.1 Å². The van der Waals surface area contributed by atoms with Crippen molar-refractivity contribution in [2.45, 2.75) is 32.4 Å². The normalized spacial score (nSPS) is 17.8. The molecule has 2 rings (SSSR count). The Hall–Kier alpha value is -2.68. The predicted molar refractivity (Wildman–Crippen MR) is 102 cm³/mol. The highest BCUT2D eigenvalue weighted by atomic mass is 16.6. The van der Waals surface area contributed by atoms with Gasteiger partial charge < -0.3 is 15.0 Å². The maximum absolute atomic E-state index is 12.6. The highest BCUT2D eigenvalue weighted by molar-refractivity contribution is 5.69. The van der Waals surface area contributed by atoms with Crippen molar-refractivity contribution in [1.29, 1.82) is 0 Å². The molecule has 1 saturated heterocycles. The summed E-state index contributed by atoms with van der Waals surface area (Å²) in [6, 6.07) is 2.67. The first-order valence-electron chi connectivity index (χ1n) is 8.79. The minimum Gasteiger partial charge on any atom is -0.444 e. The van der Waals surface area contributed by atoms with E-state index in [4.69, 9.17) is 4.74 Å². The number of nitro groups is 1. The highest BCUT2D eigenvalue weighted by Crippen LogP contribution is 2.27. The van der Waals surface area contributed by atoms with Gasteiger partial charge in [0.25, 0.3) is 5.69 Å². The van der Waals surface area contributed by atoms with Gasteiger partial charge in [-0.15, -0.1) is 0 Å².